The minimum atomic E-state index is -1.15. The molecule has 0 aliphatic carbocycles. The van der Waals surface area contributed by atoms with Gasteiger partial charge in [0.05, 0.1) is 11.5 Å². The predicted molar refractivity (Wildman–Crippen MR) is 98.5 cm³/mol. The number of carbonyl (C=O) groups excluding carboxylic acids is 3. The molecule has 0 bridgehead atoms. The van der Waals surface area contributed by atoms with Gasteiger partial charge in [-0.25, -0.2) is 9.97 Å². The van der Waals surface area contributed by atoms with Crippen LogP contribution in [0.1, 0.15) is 9.67 Å². The lowest BCUT2D eigenvalue weighted by atomic mass is 10.2. The van der Waals surface area contributed by atoms with Gasteiger partial charge in [-0.3, -0.25) is 14.4 Å². The maximum Gasteiger partial charge on any atom is 0.293 e. The largest absolute Gasteiger partial charge is 0.394 e. The third-order valence-electron chi connectivity index (χ3n) is 4.16. The van der Waals surface area contributed by atoms with Crippen molar-refractivity contribution in [3.05, 3.63) is 40.8 Å². The molecule has 2 amide bonds. The summed E-state index contributed by atoms with van der Waals surface area (Å²) >= 11 is 1.14. The first-order valence-electron chi connectivity index (χ1n) is 8.40. The van der Waals surface area contributed by atoms with E-state index in [0.717, 1.165) is 11.3 Å². The normalized spacial score (nSPS) is 15.3. The molecule has 0 aromatic carbocycles. The van der Waals surface area contributed by atoms with E-state index in [1.807, 2.05) is 4.90 Å². The quantitative estimate of drug-likeness (QED) is 0.508. The molecule has 3 rings (SSSR count). The fourth-order valence-corrected chi connectivity index (χ4v) is 3.39. The number of aliphatic hydroxyl groups excluding tert-OH is 1. The van der Waals surface area contributed by atoms with Crippen molar-refractivity contribution in [1.82, 2.24) is 20.2 Å². The molecule has 2 N–H and O–H groups in total. The van der Waals surface area contributed by atoms with E-state index in [9.17, 15) is 19.5 Å². The minimum Gasteiger partial charge on any atom is -0.394 e. The Morgan fingerprint density at radius 1 is 1.15 bits per heavy atom. The number of piperazine rings is 1. The molecule has 2 aromatic heterocycles. The van der Waals surface area contributed by atoms with E-state index in [-0.39, 0.29) is 4.88 Å². The zero-order chi connectivity index (χ0) is 19.2. The first kappa shape index (κ1) is 18.9. The molecule has 1 aliphatic rings. The van der Waals surface area contributed by atoms with E-state index >= 15 is 0 Å². The van der Waals surface area contributed by atoms with Crippen molar-refractivity contribution in [3.8, 4) is 0 Å². The summed E-state index contributed by atoms with van der Waals surface area (Å²) in [6.45, 7) is 1.31. The zero-order valence-electron chi connectivity index (χ0n) is 14.4. The van der Waals surface area contributed by atoms with Crippen LogP contribution < -0.4 is 10.2 Å². The van der Waals surface area contributed by atoms with E-state index in [1.165, 1.54) is 6.07 Å². The number of hydrogen-bond acceptors (Lipinski definition) is 8. The van der Waals surface area contributed by atoms with Crippen LogP contribution in [-0.2, 0) is 9.59 Å². The Hall–Kier alpha value is -2.85. The van der Waals surface area contributed by atoms with Crippen molar-refractivity contribution in [1.29, 1.82) is 0 Å². The van der Waals surface area contributed by atoms with E-state index in [0.29, 0.717) is 32.1 Å². The second-order valence-electron chi connectivity index (χ2n) is 5.88. The molecule has 1 atom stereocenters. The second kappa shape index (κ2) is 8.69. The maximum absolute atomic E-state index is 12.6. The van der Waals surface area contributed by atoms with Crippen LogP contribution >= 0.6 is 11.3 Å². The van der Waals surface area contributed by atoms with Gasteiger partial charge in [0, 0.05) is 38.6 Å². The van der Waals surface area contributed by atoms with Crippen LogP contribution in [0.5, 0.6) is 0 Å². The van der Waals surface area contributed by atoms with Crippen LogP contribution in [-0.4, -0.2) is 76.4 Å². The number of aliphatic hydroxyl groups is 1. The van der Waals surface area contributed by atoms with Crippen molar-refractivity contribution in [3.63, 3.8) is 0 Å². The molecule has 10 heteroatoms. The summed E-state index contributed by atoms with van der Waals surface area (Å²) in [6, 6.07) is 3.78. The van der Waals surface area contributed by atoms with Gasteiger partial charge in [-0.2, -0.15) is 0 Å². The van der Waals surface area contributed by atoms with E-state index in [1.54, 1.807) is 34.8 Å². The highest BCUT2D eigenvalue weighted by molar-refractivity contribution is 7.13. The molecule has 0 unspecified atom stereocenters. The van der Waals surface area contributed by atoms with Gasteiger partial charge in [-0.1, -0.05) is 6.07 Å². The number of anilines is 1. The molecular formula is C17H19N5O4S. The molecule has 27 heavy (non-hydrogen) atoms. The Kier molecular flexibility index (Phi) is 6.09. The number of thiophene rings is 1. The maximum atomic E-state index is 12.6. The summed E-state index contributed by atoms with van der Waals surface area (Å²) in [6.07, 6.45) is 3.31. The number of nitrogens with zero attached hydrogens (tertiary/aromatic N) is 4. The van der Waals surface area contributed by atoms with Gasteiger partial charge in [0.15, 0.2) is 0 Å². The SMILES string of the molecule is O=C(N[C@@H](CO)C(=O)N1CCN(c2ncccn2)CC1)C(=O)c1cccs1. The number of hydrogen-bond donors (Lipinski definition) is 2. The van der Waals surface area contributed by atoms with Crippen LogP contribution in [0.2, 0.25) is 0 Å². The highest BCUT2D eigenvalue weighted by atomic mass is 32.1. The van der Waals surface area contributed by atoms with Gasteiger partial charge >= 0.3 is 0 Å². The standard InChI is InChI=1S/C17H19N5O4S/c23-11-12(20-15(25)14(24)13-3-1-10-27-13)16(26)21-6-8-22(9-7-21)17-18-4-2-5-19-17/h1-5,10,12,23H,6-9,11H2,(H,20,25)/t12-/m0/s1. The fourth-order valence-electron chi connectivity index (χ4n) is 2.73. The van der Waals surface area contributed by atoms with Gasteiger partial charge < -0.3 is 20.2 Å². The Balaban J connectivity index is 1.56. The summed E-state index contributed by atoms with van der Waals surface area (Å²) in [5.41, 5.74) is 0. The minimum absolute atomic E-state index is 0.285. The van der Waals surface area contributed by atoms with Gasteiger partial charge in [-0.15, -0.1) is 11.3 Å². The van der Waals surface area contributed by atoms with Crippen molar-refractivity contribution in [2.75, 3.05) is 37.7 Å². The summed E-state index contributed by atoms with van der Waals surface area (Å²) in [7, 11) is 0. The van der Waals surface area contributed by atoms with Crippen molar-refractivity contribution in [2.45, 2.75) is 6.04 Å². The molecule has 1 aliphatic heterocycles. The van der Waals surface area contributed by atoms with E-state index in [4.69, 9.17) is 0 Å². The lowest BCUT2D eigenvalue weighted by molar-refractivity contribution is -0.137. The number of aromatic nitrogens is 2. The van der Waals surface area contributed by atoms with Gasteiger partial charge in [-0.05, 0) is 17.5 Å². The molecule has 3 heterocycles. The third-order valence-corrected chi connectivity index (χ3v) is 5.03. The number of rotatable bonds is 6. The molecule has 0 spiro atoms. The highest BCUT2D eigenvalue weighted by Gasteiger charge is 2.30. The molecule has 9 nitrogen and oxygen atoms in total. The lowest BCUT2D eigenvalue weighted by Crippen LogP contribution is -2.57. The first-order valence-corrected chi connectivity index (χ1v) is 9.28. The highest BCUT2D eigenvalue weighted by Crippen LogP contribution is 2.12. The van der Waals surface area contributed by atoms with Gasteiger partial charge in [0.25, 0.3) is 11.7 Å². The number of nitrogens with one attached hydrogen (secondary N) is 1. The average Bonchev–Trinajstić information content (AvgIpc) is 3.26. The van der Waals surface area contributed by atoms with Crippen LogP contribution in [0.25, 0.3) is 0 Å². The van der Waals surface area contributed by atoms with Crippen molar-refractivity contribution in [2.24, 2.45) is 0 Å². The van der Waals surface area contributed by atoms with Crippen LogP contribution in [0.15, 0.2) is 36.0 Å². The number of carbonyl (C=O) groups is 3. The number of ketones is 1. The van der Waals surface area contributed by atoms with Gasteiger partial charge in [0.2, 0.25) is 11.9 Å². The fraction of sp³-hybridized carbons (Fsp3) is 0.353. The second-order valence-corrected chi connectivity index (χ2v) is 6.82. The Labute approximate surface area is 159 Å². The smallest absolute Gasteiger partial charge is 0.293 e. The molecule has 142 valence electrons. The molecule has 0 radical (unpaired) electrons. The first-order chi connectivity index (χ1) is 13.1. The molecular weight excluding hydrogens is 370 g/mol. The number of amides is 2. The van der Waals surface area contributed by atoms with Gasteiger partial charge in [0.1, 0.15) is 6.04 Å². The van der Waals surface area contributed by atoms with Crippen LogP contribution in [0, 0.1) is 0 Å². The molecule has 1 saturated heterocycles. The Morgan fingerprint density at radius 3 is 2.44 bits per heavy atom. The van der Waals surface area contributed by atoms with Crippen LogP contribution in [0.3, 0.4) is 0 Å². The summed E-state index contributed by atoms with van der Waals surface area (Å²) < 4.78 is 0. The van der Waals surface area contributed by atoms with Crippen molar-refractivity contribution < 1.29 is 19.5 Å². The average molecular weight is 389 g/mol. The summed E-state index contributed by atoms with van der Waals surface area (Å²) in [4.78, 5) is 48.9. The molecule has 1 fully saturated rings. The Morgan fingerprint density at radius 2 is 1.85 bits per heavy atom. The van der Waals surface area contributed by atoms with Crippen molar-refractivity contribution >= 4 is 34.9 Å². The lowest BCUT2D eigenvalue weighted by Gasteiger charge is -2.36. The zero-order valence-corrected chi connectivity index (χ0v) is 15.3. The molecule has 0 saturated carbocycles. The molecule has 2 aromatic rings. The summed E-state index contributed by atoms with van der Waals surface area (Å²) in [5, 5.41) is 13.5. The monoisotopic (exact) mass is 389 g/mol. The van der Waals surface area contributed by atoms with E-state index < -0.39 is 30.2 Å². The predicted octanol–water partition coefficient (Wildman–Crippen LogP) is -0.453. The van der Waals surface area contributed by atoms with E-state index in [2.05, 4.69) is 15.3 Å². The Bertz CT molecular complexity index is 791. The third kappa shape index (κ3) is 4.47. The number of Topliss-reactive ketones (excluding diaryl/α,β-unsaturated/α-hetero) is 1. The topological polar surface area (TPSA) is 116 Å². The summed E-state index contributed by atoms with van der Waals surface area (Å²) in [5.74, 6) is -1.44. The van der Waals surface area contributed by atoms with Crippen LogP contribution in [0.4, 0.5) is 5.95 Å².